The lowest BCUT2D eigenvalue weighted by molar-refractivity contribution is 0.0299. The second-order valence-corrected chi connectivity index (χ2v) is 12.0. The number of fused-ring (bicyclic) bond motifs is 1. The Hall–Kier alpha value is -3.51. The van der Waals surface area contributed by atoms with Crippen LogP contribution in [0.4, 0.5) is 20.2 Å². The fourth-order valence-electron chi connectivity index (χ4n) is 3.61. The predicted octanol–water partition coefficient (Wildman–Crippen LogP) is 4.14. The quantitative estimate of drug-likeness (QED) is 0.284. The van der Waals surface area contributed by atoms with Crippen LogP contribution < -0.4 is 16.4 Å². The van der Waals surface area contributed by atoms with Crippen LogP contribution in [-0.4, -0.2) is 68.8 Å². The van der Waals surface area contributed by atoms with E-state index in [1.54, 1.807) is 73.2 Å². The lowest BCUT2D eigenvalue weighted by Crippen LogP contribution is -2.48. The molecule has 1 aliphatic rings. The van der Waals surface area contributed by atoms with E-state index in [1.165, 1.54) is 0 Å². The molecular weight excluding hydrogens is 494 g/mol. The number of nitrogens with zero attached hydrogens (tertiary/aromatic N) is 4. The van der Waals surface area contributed by atoms with Gasteiger partial charge in [-0.2, -0.15) is 5.10 Å². The van der Waals surface area contributed by atoms with Crippen LogP contribution in [0.1, 0.15) is 86.8 Å². The van der Waals surface area contributed by atoms with E-state index in [4.69, 9.17) is 19.9 Å². The van der Waals surface area contributed by atoms with E-state index in [0.717, 1.165) is 17.9 Å². The zero-order chi connectivity index (χ0) is 28.9. The summed E-state index contributed by atoms with van der Waals surface area (Å²) < 4.78 is 18.0. The average Bonchev–Trinajstić information content (AvgIpc) is 3.12. The number of carbonyl (C=O) groups excluding carboxylic acids is 3. The topological polar surface area (TPSA) is 162 Å². The zero-order valence-corrected chi connectivity index (χ0v) is 24.0. The molecule has 1 aromatic heterocycles. The highest BCUT2D eigenvalue weighted by Crippen LogP contribution is 2.33. The summed E-state index contributed by atoms with van der Waals surface area (Å²) in [4.78, 5) is 43.2. The number of aromatic nitrogens is 2. The second kappa shape index (κ2) is 11.9. The summed E-state index contributed by atoms with van der Waals surface area (Å²) in [6.07, 6.45) is 0.319. The van der Waals surface area contributed by atoms with Crippen molar-refractivity contribution in [2.24, 2.45) is 10.7 Å². The number of guanidine groups is 1. The number of ether oxygens (including phenoxy) is 3. The van der Waals surface area contributed by atoms with Crippen LogP contribution >= 0.6 is 0 Å². The molecule has 38 heavy (non-hydrogen) atoms. The number of aliphatic imine (C=N–C) groups is 1. The first-order valence-electron chi connectivity index (χ1n) is 12.7. The molecule has 0 radical (unpaired) electrons. The number of anilines is 1. The van der Waals surface area contributed by atoms with E-state index in [0.29, 0.717) is 17.9 Å². The molecule has 1 aliphatic heterocycles. The van der Waals surface area contributed by atoms with Crippen LogP contribution in [0.15, 0.2) is 11.2 Å². The first-order valence-corrected chi connectivity index (χ1v) is 12.7. The van der Waals surface area contributed by atoms with Gasteiger partial charge in [-0.1, -0.05) is 0 Å². The number of nitrogens with two attached hydrogens (primary N) is 1. The van der Waals surface area contributed by atoms with E-state index >= 15 is 0 Å². The Morgan fingerprint density at radius 1 is 1.08 bits per heavy atom. The summed E-state index contributed by atoms with van der Waals surface area (Å²) in [5, 5.41) is 10.5. The number of hydrogen-bond acceptors (Lipinski definition) is 8. The molecule has 4 N–H and O–H groups in total. The van der Waals surface area contributed by atoms with Crippen molar-refractivity contribution in [3.8, 4) is 0 Å². The number of alkyl carbamates (subject to hydrolysis) is 1. The fraction of sp³-hybridized carbons (Fsp3) is 0.720. The third-order valence-electron chi connectivity index (χ3n) is 4.90. The molecule has 0 bridgehead atoms. The van der Waals surface area contributed by atoms with Crippen molar-refractivity contribution in [3.63, 3.8) is 0 Å². The maximum absolute atomic E-state index is 13.5. The molecule has 2 heterocycles. The van der Waals surface area contributed by atoms with Gasteiger partial charge in [-0.15, -0.1) is 4.99 Å². The van der Waals surface area contributed by atoms with Crippen molar-refractivity contribution in [3.05, 3.63) is 11.8 Å². The highest BCUT2D eigenvalue weighted by atomic mass is 16.6. The van der Waals surface area contributed by atoms with E-state index in [-0.39, 0.29) is 13.0 Å². The van der Waals surface area contributed by atoms with Crippen LogP contribution in [0.5, 0.6) is 0 Å². The van der Waals surface area contributed by atoms with Gasteiger partial charge in [-0.25, -0.2) is 24.0 Å². The SMILES string of the molecule is CC(C)(C)OC(=O)N=C(N)N(C(=O)OC(C)(C)C)C(CCNC(=O)OC(C)(C)C)c1cnn2c1NCCC2. The van der Waals surface area contributed by atoms with Crippen molar-refractivity contribution in [2.45, 2.75) is 105 Å². The molecule has 0 aromatic carbocycles. The van der Waals surface area contributed by atoms with Crippen molar-refractivity contribution >= 4 is 30.1 Å². The van der Waals surface area contributed by atoms with Gasteiger partial charge in [0.2, 0.25) is 5.96 Å². The largest absolute Gasteiger partial charge is 0.444 e. The predicted molar refractivity (Wildman–Crippen MR) is 143 cm³/mol. The second-order valence-electron chi connectivity index (χ2n) is 12.0. The minimum absolute atomic E-state index is 0.114. The van der Waals surface area contributed by atoms with Gasteiger partial charge >= 0.3 is 18.3 Å². The van der Waals surface area contributed by atoms with Gasteiger partial charge in [0.05, 0.1) is 12.2 Å². The Bertz CT molecular complexity index is 1030. The minimum atomic E-state index is -0.954. The van der Waals surface area contributed by atoms with Gasteiger partial charge in [0, 0.05) is 25.2 Å². The molecule has 2 rings (SSSR count). The van der Waals surface area contributed by atoms with Crippen LogP contribution in [-0.2, 0) is 20.8 Å². The Kier molecular flexibility index (Phi) is 9.62. The summed E-state index contributed by atoms with van der Waals surface area (Å²) >= 11 is 0. The summed E-state index contributed by atoms with van der Waals surface area (Å²) in [5.41, 5.74) is 4.54. The van der Waals surface area contributed by atoms with Crippen molar-refractivity contribution < 1.29 is 28.6 Å². The van der Waals surface area contributed by atoms with Gasteiger partial charge in [0.1, 0.15) is 22.6 Å². The molecule has 1 aromatic rings. The van der Waals surface area contributed by atoms with E-state index in [2.05, 4.69) is 20.7 Å². The normalized spacial score (nSPS) is 15.0. The van der Waals surface area contributed by atoms with Gasteiger partial charge in [-0.3, -0.25) is 0 Å². The molecular formula is C25H43N7O6. The van der Waals surface area contributed by atoms with Crippen LogP contribution in [0, 0.1) is 0 Å². The van der Waals surface area contributed by atoms with Gasteiger partial charge in [-0.05, 0) is 75.2 Å². The molecule has 0 spiro atoms. The average molecular weight is 538 g/mol. The van der Waals surface area contributed by atoms with Crippen molar-refractivity contribution in [2.75, 3.05) is 18.4 Å². The molecule has 214 valence electrons. The monoisotopic (exact) mass is 537 g/mol. The van der Waals surface area contributed by atoms with E-state index < -0.39 is 47.1 Å². The molecule has 0 fully saturated rings. The summed E-state index contributed by atoms with van der Waals surface area (Å²) in [6.45, 7) is 17.0. The van der Waals surface area contributed by atoms with E-state index in [1.807, 2.05) is 0 Å². The number of rotatable bonds is 5. The molecule has 1 atom stereocenters. The zero-order valence-electron chi connectivity index (χ0n) is 24.0. The minimum Gasteiger partial charge on any atom is -0.444 e. The molecule has 0 saturated carbocycles. The Labute approximate surface area is 224 Å². The molecule has 13 heteroatoms. The smallest absolute Gasteiger partial charge is 0.437 e. The first-order chi connectivity index (χ1) is 17.4. The summed E-state index contributed by atoms with van der Waals surface area (Å²) in [5.74, 6) is 0.295. The number of carbonyl (C=O) groups is 3. The number of amides is 3. The lowest BCUT2D eigenvalue weighted by Gasteiger charge is -2.33. The van der Waals surface area contributed by atoms with Gasteiger partial charge < -0.3 is 30.6 Å². The van der Waals surface area contributed by atoms with Crippen LogP contribution in [0.2, 0.25) is 0 Å². The lowest BCUT2D eigenvalue weighted by atomic mass is 10.0. The fourth-order valence-corrected chi connectivity index (χ4v) is 3.61. The Morgan fingerprint density at radius 2 is 1.68 bits per heavy atom. The maximum atomic E-state index is 13.5. The van der Waals surface area contributed by atoms with Gasteiger partial charge in [0.15, 0.2) is 0 Å². The maximum Gasteiger partial charge on any atom is 0.437 e. The highest BCUT2D eigenvalue weighted by molar-refractivity contribution is 5.98. The highest BCUT2D eigenvalue weighted by Gasteiger charge is 2.36. The molecule has 3 amide bonds. The van der Waals surface area contributed by atoms with Crippen LogP contribution in [0.3, 0.4) is 0 Å². The van der Waals surface area contributed by atoms with E-state index in [9.17, 15) is 14.4 Å². The van der Waals surface area contributed by atoms with Crippen LogP contribution in [0.25, 0.3) is 0 Å². The third kappa shape index (κ3) is 9.75. The number of hydrogen-bond donors (Lipinski definition) is 3. The third-order valence-corrected chi connectivity index (χ3v) is 4.90. The Morgan fingerprint density at radius 3 is 2.26 bits per heavy atom. The summed E-state index contributed by atoms with van der Waals surface area (Å²) in [6, 6.07) is -0.805. The Balaban J connectivity index is 2.48. The first kappa shape index (κ1) is 30.7. The summed E-state index contributed by atoms with van der Waals surface area (Å²) in [7, 11) is 0. The van der Waals surface area contributed by atoms with Crippen molar-refractivity contribution in [1.29, 1.82) is 0 Å². The molecule has 1 unspecified atom stereocenters. The van der Waals surface area contributed by atoms with Crippen molar-refractivity contribution in [1.82, 2.24) is 20.0 Å². The standard InChI is InChI=1S/C25H43N7O6/c1-23(2,3)36-20(33)28-13-11-17(16-15-29-31-14-10-12-27-18(16)31)32(22(35)38-25(7,8)9)19(26)30-21(34)37-24(4,5)6/h15,17,27H,10-14H2,1-9H3,(H,28,33)(H2,26,30,34). The number of aryl methyl sites for hydroxylation is 1. The molecule has 0 aliphatic carbocycles. The molecule has 0 saturated heterocycles. The van der Waals surface area contributed by atoms with Gasteiger partial charge in [0.25, 0.3) is 0 Å². The number of nitrogens with one attached hydrogen (secondary N) is 2. The molecule has 13 nitrogen and oxygen atoms in total.